The van der Waals surface area contributed by atoms with E-state index < -0.39 is 0 Å². The lowest BCUT2D eigenvalue weighted by Crippen LogP contribution is -2.47. The molecule has 6 heteroatoms. The van der Waals surface area contributed by atoms with Gasteiger partial charge in [-0.3, -0.25) is 4.99 Å². The number of aliphatic imine (C=N–C) groups is 1. The Kier molecular flexibility index (Phi) is 6.99. The van der Waals surface area contributed by atoms with E-state index in [1.165, 1.54) is 4.88 Å². The van der Waals surface area contributed by atoms with Gasteiger partial charge < -0.3 is 10.6 Å². The highest BCUT2D eigenvalue weighted by atomic mass is 127. The molecule has 0 saturated heterocycles. The van der Waals surface area contributed by atoms with Crippen molar-refractivity contribution < 1.29 is 0 Å². The van der Waals surface area contributed by atoms with Crippen molar-refractivity contribution in [3.63, 3.8) is 0 Å². The minimum Gasteiger partial charge on any atom is -0.352 e. The fraction of sp³-hybridized carbons (Fsp3) is 0.636. The number of hydrogen-bond acceptors (Lipinski definition) is 3. The summed E-state index contributed by atoms with van der Waals surface area (Å²) < 4.78 is 0. The molecule has 0 spiro atoms. The van der Waals surface area contributed by atoms with Crippen LogP contribution in [0.2, 0.25) is 0 Å². The van der Waals surface area contributed by atoms with Crippen LogP contribution in [0.25, 0.3) is 0 Å². The van der Waals surface area contributed by atoms with Crippen LogP contribution in [0.5, 0.6) is 0 Å². The largest absolute Gasteiger partial charge is 0.352 e. The zero-order valence-corrected chi connectivity index (χ0v) is 14.1. The summed E-state index contributed by atoms with van der Waals surface area (Å²) in [4.78, 5) is 9.69. The van der Waals surface area contributed by atoms with Crippen LogP contribution in [-0.4, -0.2) is 23.5 Å². The Morgan fingerprint density at radius 1 is 1.47 bits per heavy atom. The topological polar surface area (TPSA) is 49.3 Å². The second kappa shape index (κ2) is 7.15. The van der Waals surface area contributed by atoms with Crippen LogP contribution in [0.4, 0.5) is 0 Å². The van der Waals surface area contributed by atoms with Crippen molar-refractivity contribution >= 4 is 41.3 Å². The maximum absolute atomic E-state index is 4.29. The minimum atomic E-state index is 0. The summed E-state index contributed by atoms with van der Waals surface area (Å²) in [5, 5.41) is 7.62. The van der Waals surface area contributed by atoms with E-state index in [0.717, 1.165) is 11.0 Å². The highest BCUT2D eigenvalue weighted by Gasteiger charge is 2.11. The Morgan fingerprint density at radius 3 is 2.53 bits per heavy atom. The number of guanidine groups is 1. The number of halogens is 1. The first-order valence-electron chi connectivity index (χ1n) is 5.31. The monoisotopic (exact) mass is 368 g/mol. The van der Waals surface area contributed by atoms with Crippen LogP contribution >= 0.6 is 35.3 Å². The average Bonchev–Trinajstić information content (AvgIpc) is 2.57. The molecule has 0 aliphatic heterocycles. The summed E-state index contributed by atoms with van der Waals surface area (Å²) in [6.07, 6.45) is 1.89. The number of nitrogens with zero attached hydrogens (tertiary/aromatic N) is 2. The quantitative estimate of drug-likeness (QED) is 0.479. The number of rotatable bonds is 2. The molecule has 1 rings (SSSR count). The van der Waals surface area contributed by atoms with Crippen molar-refractivity contribution in [1.82, 2.24) is 15.6 Å². The summed E-state index contributed by atoms with van der Waals surface area (Å²) >= 11 is 1.70. The van der Waals surface area contributed by atoms with Crippen LogP contribution in [-0.2, 0) is 6.54 Å². The van der Waals surface area contributed by atoms with Crippen molar-refractivity contribution in [2.24, 2.45) is 4.99 Å². The molecule has 0 aliphatic carbocycles. The zero-order chi connectivity index (χ0) is 12.2. The molecule has 1 aromatic rings. The highest BCUT2D eigenvalue weighted by molar-refractivity contribution is 14.0. The van der Waals surface area contributed by atoms with E-state index in [2.05, 4.69) is 48.3 Å². The second-order valence-electron chi connectivity index (χ2n) is 4.67. The Balaban J connectivity index is 0.00000256. The van der Waals surface area contributed by atoms with Crippen molar-refractivity contribution in [3.8, 4) is 0 Å². The number of thiazole rings is 1. The maximum Gasteiger partial charge on any atom is 0.191 e. The summed E-state index contributed by atoms with van der Waals surface area (Å²) in [6, 6.07) is 0. The molecule has 0 unspecified atom stereocenters. The van der Waals surface area contributed by atoms with Gasteiger partial charge in [-0.15, -0.1) is 35.3 Å². The molecule has 2 N–H and O–H groups in total. The Bertz CT molecular complexity index is 368. The molecule has 1 aromatic heterocycles. The second-order valence-corrected chi connectivity index (χ2v) is 5.98. The first kappa shape index (κ1) is 16.6. The van der Waals surface area contributed by atoms with Crippen molar-refractivity contribution in [3.05, 3.63) is 16.1 Å². The molecule has 0 saturated carbocycles. The molecule has 0 amide bonds. The smallest absolute Gasteiger partial charge is 0.191 e. The summed E-state index contributed by atoms with van der Waals surface area (Å²) in [5.41, 5.74) is 0.0145. The third-order valence-corrected chi connectivity index (χ3v) is 2.71. The lowest BCUT2D eigenvalue weighted by molar-refractivity contribution is 0.501. The van der Waals surface area contributed by atoms with Gasteiger partial charge in [0.2, 0.25) is 0 Å². The van der Waals surface area contributed by atoms with Gasteiger partial charge in [-0.25, -0.2) is 4.98 Å². The van der Waals surface area contributed by atoms with Crippen LogP contribution < -0.4 is 10.6 Å². The van der Waals surface area contributed by atoms with Crippen molar-refractivity contribution in [2.45, 2.75) is 39.8 Å². The Hall–Kier alpha value is -0.370. The predicted octanol–water partition coefficient (Wildman–Crippen LogP) is 2.53. The van der Waals surface area contributed by atoms with Gasteiger partial charge >= 0.3 is 0 Å². The normalized spacial score (nSPS) is 11.9. The van der Waals surface area contributed by atoms with Gasteiger partial charge in [-0.1, -0.05) is 0 Å². The summed E-state index contributed by atoms with van der Waals surface area (Å²) in [5.74, 6) is 0.806. The van der Waals surface area contributed by atoms with Crippen molar-refractivity contribution in [1.29, 1.82) is 0 Å². The van der Waals surface area contributed by atoms with Crippen LogP contribution in [0.15, 0.2) is 11.2 Å². The molecule has 0 fully saturated rings. The van der Waals surface area contributed by atoms with E-state index in [1.807, 2.05) is 6.20 Å². The third kappa shape index (κ3) is 6.82. The Labute approximate surface area is 124 Å². The van der Waals surface area contributed by atoms with Crippen LogP contribution in [0.3, 0.4) is 0 Å². The highest BCUT2D eigenvalue weighted by Crippen LogP contribution is 2.10. The van der Waals surface area contributed by atoms with Gasteiger partial charge in [0, 0.05) is 23.7 Å². The van der Waals surface area contributed by atoms with E-state index in [0.29, 0.717) is 6.54 Å². The van der Waals surface area contributed by atoms with E-state index >= 15 is 0 Å². The first-order valence-corrected chi connectivity index (χ1v) is 6.12. The predicted molar refractivity (Wildman–Crippen MR) is 85.4 cm³/mol. The summed E-state index contributed by atoms with van der Waals surface area (Å²) in [7, 11) is 1.77. The average molecular weight is 368 g/mol. The molecular weight excluding hydrogens is 347 g/mol. The molecule has 1 heterocycles. The van der Waals surface area contributed by atoms with Gasteiger partial charge in [0.05, 0.1) is 6.54 Å². The number of hydrogen-bond donors (Lipinski definition) is 2. The molecule has 0 bridgehead atoms. The minimum absolute atomic E-state index is 0. The van der Waals surface area contributed by atoms with E-state index in [1.54, 1.807) is 18.4 Å². The van der Waals surface area contributed by atoms with Gasteiger partial charge in [0.15, 0.2) is 5.96 Å². The molecule has 0 aliphatic rings. The van der Waals surface area contributed by atoms with Gasteiger partial charge in [-0.2, -0.15) is 0 Å². The molecule has 17 heavy (non-hydrogen) atoms. The fourth-order valence-electron chi connectivity index (χ4n) is 1.18. The SMILES string of the molecule is CN=C(NCc1ncc(C)s1)NC(C)(C)C.I. The van der Waals surface area contributed by atoms with Gasteiger partial charge in [0.25, 0.3) is 0 Å². The van der Waals surface area contributed by atoms with Crippen molar-refractivity contribution in [2.75, 3.05) is 7.05 Å². The molecule has 98 valence electrons. The number of nitrogens with one attached hydrogen (secondary N) is 2. The molecule has 0 atom stereocenters. The molecule has 0 radical (unpaired) electrons. The first-order chi connectivity index (χ1) is 7.40. The number of aryl methyl sites for hydroxylation is 1. The molecule has 0 aromatic carbocycles. The third-order valence-electron chi connectivity index (χ3n) is 1.79. The van der Waals surface area contributed by atoms with E-state index in [9.17, 15) is 0 Å². The van der Waals surface area contributed by atoms with Crippen LogP contribution in [0.1, 0.15) is 30.7 Å². The fourth-order valence-corrected chi connectivity index (χ4v) is 1.90. The number of aromatic nitrogens is 1. The van der Waals surface area contributed by atoms with Gasteiger partial charge in [0.1, 0.15) is 5.01 Å². The molecular formula is C11H21IN4S. The van der Waals surface area contributed by atoms with Crippen LogP contribution in [0, 0.1) is 6.92 Å². The zero-order valence-electron chi connectivity index (χ0n) is 11.0. The summed E-state index contributed by atoms with van der Waals surface area (Å²) in [6.45, 7) is 9.09. The maximum atomic E-state index is 4.29. The lowest BCUT2D eigenvalue weighted by Gasteiger charge is -2.23. The standard InChI is InChI=1S/C11H20N4S.HI/c1-8-6-13-9(16-8)7-14-10(12-5)15-11(2,3)4;/h6H,7H2,1-5H3,(H2,12,14,15);1H. The Morgan fingerprint density at radius 2 is 2.12 bits per heavy atom. The van der Waals surface area contributed by atoms with Gasteiger partial charge in [-0.05, 0) is 27.7 Å². The van der Waals surface area contributed by atoms with E-state index in [-0.39, 0.29) is 29.5 Å². The lowest BCUT2D eigenvalue weighted by atomic mass is 10.1. The van der Waals surface area contributed by atoms with E-state index in [4.69, 9.17) is 0 Å². The molecule has 4 nitrogen and oxygen atoms in total.